The first-order chi connectivity index (χ1) is 15.0. The fourth-order valence-corrected chi connectivity index (χ4v) is 3.54. The number of aliphatic hydroxyl groups excluding tert-OH is 1. The summed E-state index contributed by atoms with van der Waals surface area (Å²) >= 11 is 0. The predicted molar refractivity (Wildman–Crippen MR) is 110 cm³/mol. The second-order valence-electron chi connectivity index (χ2n) is 6.57. The lowest BCUT2D eigenvalue weighted by atomic mass is 10.2. The first kappa shape index (κ1) is 31.1. The van der Waals surface area contributed by atoms with Crippen LogP contribution in [0.5, 0.6) is 0 Å². The summed E-state index contributed by atoms with van der Waals surface area (Å²) in [6.07, 6.45) is 1.78. The van der Waals surface area contributed by atoms with Crippen molar-refractivity contribution >= 4 is 27.6 Å². The highest BCUT2D eigenvalue weighted by Crippen LogP contribution is 2.45. The number of phosphoric acid groups is 2. The normalized spacial score (nSPS) is 16.0. The second-order valence-corrected chi connectivity index (χ2v) is 9.48. The van der Waals surface area contributed by atoms with Gasteiger partial charge in [0, 0.05) is 26.2 Å². The van der Waals surface area contributed by atoms with Gasteiger partial charge in [-0.2, -0.15) is 0 Å². The second kappa shape index (κ2) is 17.6. The smallest absolute Gasteiger partial charge is 0.466 e. The minimum Gasteiger partial charge on any atom is -0.466 e. The van der Waals surface area contributed by atoms with Crippen LogP contribution in [0.25, 0.3) is 0 Å². The van der Waals surface area contributed by atoms with Gasteiger partial charge in [-0.05, 0) is 6.42 Å². The monoisotopic (exact) mass is 508 g/mol. The maximum Gasteiger partial charge on any atom is 0.472 e. The Kier molecular flexibility index (Phi) is 17.1. The number of unbranched alkanes of at least 4 members (excludes halogenated alkanes) is 2. The van der Waals surface area contributed by atoms with Crippen LogP contribution in [-0.4, -0.2) is 72.6 Å². The summed E-state index contributed by atoms with van der Waals surface area (Å²) in [4.78, 5) is 41.0. The fraction of sp³-hybridized carbons (Fsp3) is 0.882. The van der Waals surface area contributed by atoms with Gasteiger partial charge in [-0.1, -0.05) is 19.8 Å². The maximum atomic E-state index is 11.7. The lowest BCUT2D eigenvalue weighted by Gasteiger charge is -2.17. The van der Waals surface area contributed by atoms with E-state index in [0.29, 0.717) is 6.42 Å². The predicted octanol–water partition coefficient (Wildman–Crippen LogP) is 2.08. The summed E-state index contributed by atoms with van der Waals surface area (Å²) in [6, 6.07) is 0. The molecule has 0 aliphatic carbocycles. The number of carbonyl (C=O) groups is 2. The van der Waals surface area contributed by atoms with Gasteiger partial charge >= 0.3 is 27.6 Å². The van der Waals surface area contributed by atoms with Gasteiger partial charge in [0.15, 0.2) is 0 Å². The summed E-state index contributed by atoms with van der Waals surface area (Å²) in [6.45, 7) is 1.36. The lowest BCUT2D eigenvalue weighted by Crippen LogP contribution is -2.21. The molecule has 3 atom stereocenters. The number of phosphoric ester groups is 2. The van der Waals surface area contributed by atoms with E-state index < -0.39 is 40.9 Å². The van der Waals surface area contributed by atoms with Crippen molar-refractivity contribution in [1.82, 2.24) is 0 Å². The van der Waals surface area contributed by atoms with Crippen LogP contribution in [0.1, 0.15) is 52.4 Å². The molecule has 13 nitrogen and oxygen atoms in total. The topological polar surface area (TPSA) is 184 Å². The highest BCUT2D eigenvalue weighted by atomic mass is 31.2. The van der Waals surface area contributed by atoms with Gasteiger partial charge in [0.05, 0.1) is 39.6 Å². The Morgan fingerprint density at radius 2 is 1.28 bits per heavy atom. The zero-order valence-corrected chi connectivity index (χ0v) is 20.2. The molecule has 3 N–H and O–H groups in total. The summed E-state index contributed by atoms with van der Waals surface area (Å²) in [7, 11) is -8.97. The van der Waals surface area contributed by atoms with Gasteiger partial charge in [-0.15, -0.1) is 0 Å². The minimum atomic E-state index is -4.49. The summed E-state index contributed by atoms with van der Waals surface area (Å²) in [5, 5.41) is 9.67. The summed E-state index contributed by atoms with van der Waals surface area (Å²) in [5.41, 5.74) is 0. The van der Waals surface area contributed by atoms with Gasteiger partial charge in [-0.25, -0.2) is 9.13 Å². The number of aliphatic hydroxyl groups is 1. The van der Waals surface area contributed by atoms with Crippen molar-refractivity contribution < 1.29 is 61.2 Å². The van der Waals surface area contributed by atoms with Crippen molar-refractivity contribution in [2.45, 2.75) is 58.5 Å². The van der Waals surface area contributed by atoms with E-state index in [2.05, 4.69) is 22.8 Å². The average Bonchev–Trinajstić information content (AvgIpc) is 2.70. The summed E-state index contributed by atoms with van der Waals surface area (Å²) < 4.78 is 51.3. The molecule has 0 aromatic rings. The Hall–Kier alpha value is -0.880. The molecule has 0 bridgehead atoms. The van der Waals surface area contributed by atoms with Crippen LogP contribution in [0.3, 0.4) is 0 Å². The minimum absolute atomic E-state index is 0.00102. The van der Waals surface area contributed by atoms with Crippen molar-refractivity contribution in [3.8, 4) is 0 Å². The first-order valence-corrected chi connectivity index (χ1v) is 13.2. The van der Waals surface area contributed by atoms with Crippen molar-refractivity contribution in [2.75, 3.05) is 39.6 Å². The van der Waals surface area contributed by atoms with Crippen LogP contribution >= 0.6 is 15.6 Å². The molecular formula is C17H34O13P2. The van der Waals surface area contributed by atoms with Crippen LogP contribution in [0, 0.1) is 0 Å². The fourth-order valence-electron chi connectivity index (χ4n) is 1.95. The average molecular weight is 508 g/mol. The van der Waals surface area contributed by atoms with Crippen molar-refractivity contribution in [2.24, 2.45) is 0 Å². The molecule has 0 saturated carbocycles. The molecule has 0 rings (SSSR count). The summed E-state index contributed by atoms with van der Waals surface area (Å²) in [5.74, 6) is -0.845. The highest BCUT2D eigenvalue weighted by Gasteiger charge is 2.26. The number of hydrogen-bond acceptors (Lipinski definition) is 11. The third kappa shape index (κ3) is 19.8. The van der Waals surface area contributed by atoms with Gasteiger partial charge in [-0.3, -0.25) is 27.7 Å². The van der Waals surface area contributed by atoms with Crippen molar-refractivity contribution in [1.29, 1.82) is 0 Å². The molecule has 0 fully saturated rings. The Morgan fingerprint density at radius 1 is 0.781 bits per heavy atom. The van der Waals surface area contributed by atoms with Crippen LogP contribution in [0.4, 0.5) is 0 Å². The van der Waals surface area contributed by atoms with E-state index in [0.717, 1.165) is 19.3 Å². The molecule has 0 spiro atoms. The lowest BCUT2D eigenvalue weighted by molar-refractivity contribution is -0.144. The largest absolute Gasteiger partial charge is 0.472 e. The molecule has 190 valence electrons. The number of hydrogen-bond donors (Lipinski definition) is 3. The molecule has 2 unspecified atom stereocenters. The van der Waals surface area contributed by atoms with Crippen LogP contribution < -0.4 is 0 Å². The van der Waals surface area contributed by atoms with Gasteiger partial charge in [0.25, 0.3) is 0 Å². The Balaban J connectivity index is 3.92. The number of esters is 2. The van der Waals surface area contributed by atoms with Gasteiger partial charge in [0.2, 0.25) is 0 Å². The molecule has 0 aromatic carbocycles. The van der Waals surface area contributed by atoms with E-state index >= 15 is 0 Å². The molecule has 0 radical (unpaired) electrons. The van der Waals surface area contributed by atoms with E-state index in [1.807, 2.05) is 6.92 Å². The molecular weight excluding hydrogens is 474 g/mol. The Morgan fingerprint density at radius 3 is 1.75 bits per heavy atom. The van der Waals surface area contributed by atoms with Gasteiger partial charge < -0.3 is 24.4 Å². The number of carbonyl (C=O) groups excluding carboxylic acids is 2. The number of ether oxygens (including phenoxy) is 2. The maximum absolute atomic E-state index is 11.7. The first-order valence-electron chi connectivity index (χ1n) is 10.2. The van der Waals surface area contributed by atoms with E-state index in [-0.39, 0.29) is 45.2 Å². The molecule has 0 aliphatic heterocycles. The quantitative estimate of drug-likeness (QED) is 0.123. The molecule has 0 aromatic heterocycles. The van der Waals surface area contributed by atoms with Crippen LogP contribution in [0.15, 0.2) is 0 Å². The molecule has 32 heavy (non-hydrogen) atoms. The highest BCUT2D eigenvalue weighted by molar-refractivity contribution is 7.47. The Bertz CT molecular complexity index is 628. The van der Waals surface area contributed by atoms with E-state index in [1.54, 1.807) is 0 Å². The third-order valence-electron chi connectivity index (χ3n) is 3.50. The van der Waals surface area contributed by atoms with Crippen LogP contribution in [0.2, 0.25) is 0 Å². The molecule has 15 heteroatoms. The van der Waals surface area contributed by atoms with Crippen LogP contribution in [-0.2, 0) is 46.3 Å². The molecule has 0 saturated heterocycles. The Labute approximate surface area is 187 Å². The van der Waals surface area contributed by atoms with Crippen molar-refractivity contribution in [3.63, 3.8) is 0 Å². The third-order valence-corrected chi connectivity index (χ3v) is 5.47. The standard InChI is InChI=1S/C17H34O13P2/c1-3-4-5-8-17(20)26-10-7-12-28-32(23,24)30-14-16(19)13-29-31(21,22)27-11-6-9-25-15(2)18/h16,19H,3-14H2,1-2H3,(H,21,22)(H,23,24)/t16-/m0/s1. The van der Waals surface area contributed by atoms with E-state index in [4.69, 9.17) is 4.74 Å². The molecule has 0 heterocycles. The zero-order chi connectivity index (χ0) is 24.5. The molecule has 0 amide bonds. The van der Waals surface area contributed by atoms with E-state index in [1.165, 1.54) is 6.92 Å². The van der Waals surface area contributed by atoms with Gasteiger partial charge in [0.1, 0.15) is 6.10 Å². The number of rotatable bonds is 20. The van der Waals surface area contributed by atoms with E-state index in [9.17, 15) is 33.6 Å². The SMILES string of the molecule is CCCCCC(=O)OCCCOP(=O)(O)OC[C@@H](O)COP(=O)(O)OCCCOC(C)=O. The van der Waals surface area contributed by atoms with Crippen molar-refractivity contribution in [3.05, 3.63) is 0 Å². The zero-order valence-electron chi connectivity index (χ0n) is 18.4. The molecule has 0 aliphatic rings.